The highest BCUT2D eigenvalue weighted by Gasteiger charge is 2.31. The number of carbonyl (C=O) groups excluding carboxylic acids is 1. The molecule has 1 nitrogen and oxygen atoms in total. The van der Waals surface area contributed by atoms with Crippen LogP contribution in [0.1, 0.15) is 40.0 Å². The van der Waals surface area contributed by atoms with Crippen LogP contribution in [0.3, 0.4) is 0 Å². The summed E-state index contributed by atoms with van der Waals surface area (Å²) in [5.41, 5.74) is 1.86. The van der Waals surface area contributed by atoms with Crippen LogP contribution in [0.2, 0.25) is 0 Å². The lowest BCUT2D eigenvalue weighted by atomic mass is 9.67. The second-order valence-electron chi connectivity index (χ2n) is 4.83. The normalized spacial score (nSPS) is 26.2. The van der Waals surface area contributed by atoms with E-state index in [-0.39, 0.29) is 0 Å². The van der Waals surface area contributed by atoms with Crippen LogP contribution in [0.5, 0.6) is 0 Å². The first kappa shape index (κ1) is 11.2. The molecule has 1 aliphatic rings. The van der Waals surface area contributed by atoms with Crippen molar-refractivity contribution in [2.24, 2.45) is 11.3 Å². The molecule has 0 N–H and O–H groups in total. The summed E-state index contributed by atoms with van der Waals surface area (Å²) in [6, 6.07) is 0. The summed E-state index contributed by atoms with van der Waals surface area (Å²) < 4.78 is 0. The Kier molecular flexibility index (Phi) is 3.68. The van der Waals surface area contributed by atoms with Crippen molar-refractivity contribution in [3.8, 4) is 0 Å². The molecule has 0 saturated heterocycles. The maximum atomic E-state index is 10.2. The molecule has 0 aromatic carbocycles. The summed E-state index contributed by atoms with van der Waals surface area (Å²) >= 11 is 0. The van der Waals surface area contributed by atoms with E-state index < -0.39 is 0 Å². The van der Waals surface area contributed by atoms with Gasteiger partial charge in [0.2, 0.25) is 0 Å². The summed E-state index contributed by atoms with van der Waals surface area (Å²) in [6.07, 6.45) is 10.2. The molecule has 0 radical (unpaired) electrons. The minimum atomic E-state index is 0.381. The van der Waals surface area contributed by atoms with Gasteiger partial charge in [0, 0.05) is 0 Å². The van der Waals surface area contributed by atoms with Crippen LogP contribution in [0, 0.1) is 11.3 Å². The molecular formula is C13H20O. The Labute approximate surface area is 86.9 Å². The van der Waals surface area contributed by atoms with Crippen LogP contribution in [0.25, 0.3) is 0 Å². The Morgan fingerprint density at radius 2 is 2.29 bits per heavy atom. The van der Waals surface area contributed by atoms with Crippen LogP contribution in [-0.4, -0.2) is 6.29 Å². The van der Waals surface area contributed by atoms with Crippen LogP contribution in [-0.2, 0) is 4.79 Å². The van der Waals surface area contributed by atoms with Gasteiger partial charge in [-0.15, -0.1) is 0 Å². The van der Waals surface area contributed by atoms with Gasteiger partial charge >= 0.3 is 0 Å². The van der Waals surface area contributed by atoms with Gasteiger partial charge < -0.3 is 0 Å². The van der Waals surface area contributed by atoms with Crippen LogP contribution in [0.4, 0.5) is 0 Å². The van der Waals surface area contributed by atoms with Crippen molar-refractivity contribution < 1.29 is 4.79 Å². The highest BCUT2D eigenvalue weighted by Crippen LogP contribution is 2.42. The first-order chi connectivity index (χ1) is 6.58. The van der Waals surface area contributed by atoms with Crippen molar-refractivity contribution in [2.75, 3.05) is 0 Å². The molecule has 0 spiro atoms. The zero-order valence-electron chi connectivity index (χ0n) is 9.42. The molecule has 1 aliphatic carbocycles. The average Bonchev–Trinajstić information content (AvgIpc) is 2.09. The molecule has 1 heteroatoms. The molecule has 0 fully saturated rings. The summed E-state index contributed by atoms with van der Waals surface area (Å²) in [6.45, 7) is 6.85. The van der Waals surface area contributed by atoms with Crippen LogP contribution >= 0.6 is 0 Å². The number of rotatable bonds is 3. The smallest absolute Gasteiger partial charge is 0.142 e. The highest BCUT2D eigenvalue weighted by molar-refractivity contribution is 5.64. The van der Waals surface area contributed by atoms with Crippen molar-refractivity contribution in [3.63, 3.8) is 0 Å². The maximum absolute atomic E-state index is 10.2. The third-order valence-electron chi connectivity index (χ3n) is 3.33. The van der Waals surface area contributed by atoms with Crippen molar-refractivity contribution in [1.82, 2.24) is 0 Å². The Bertz CT molecular complexity index is 258. The molecule has 0 amide bonds. The first-order valence-corrected chi connectivity index (χ1v) is 5.35. The van der Waals surface area contributed by atoms with E-state index in [0.717, 1.165) is 12.7 Å². The monoisotopic (exact) mass is 192 g/mol. The standard InChI is InChI=1S/C13H20O/c1-11-7-6-9-13(2,3)12(11)8-4-5-10-14/h4-5,7,10,12H,6,8-9H2,1-3H3/t12-/m1/s1. The molecule has 0 aliphatic heterocycles. The van der Waals surface area contributed by atoms with Gasteiger partial charge in [0.15, 0.2) is 0 Å². The average molecular weight is 192 g/mol. The fraction of sp³-hybridized carbons (Fsp3) is 0.615. The highest BCUT2D eigenvalue weighted by atomic mass is 16.1. The zero-order valence-corrected chi connectivity index (χ0v) is 9.42. The fourth-order valence-corrected chi connectivity index (χ4v) is 2.38. The summed E-state index contributed by atoms with van der Waals surface area (Å²) in [5.74, 6) is 0.604. The lowest BCUT2D eigenvalue weighted by molar-refractivity contribution is -0.104. The summed E-state index contributed by atoms with van der Waals surface area (Å²) in [5, 5.41) is 0. The number of aldehydes is 1. The van der Waals surface area contributed by atoms with Gasteiger partial charge in [-0.1, -0.05) is 31.6 Å². The maximum Gasteiger partial charge on any atom is 0.142 e. The van der Waals surface area contributed by atoms with E-state index in [1.54, 1.807) is 6.08 Å². The van der Waals surface area contributed by atoms with E-state index in [1.165, 1.54) is 18.4 Å². The molecule has 0 bridgehead atoms. The Morgan fingerprint density at radius 1 is 1.57 bits per heavy atom. The minimum absolute atomic E-state index is 0.381. The van der Waals surface area contributed by atoms with E-state index in [0.29, 0.717) is 11.3 Å². The van der Waals surface area contributed by atoms with E-state index >= 15 is 0 Å². The molecular weight excluding hydrogens is 172 g/mol. The number of hydrogen-bond acceptors (Lipinski definition) is 1. The molecule has 14 heavy (non-hydrogen) atoms. The van der Waals surface area contributed by atoms with Crippen LogP contribution in [0.15, 0.2) is 23.8 Å². The SMILES string of the molecule is CC1=CCCC(C)(C)[C@@H]1CC=CC=O. The first-order valence-electron chi connectivity index (χ1n) is 5.35. The quantitative estimate of drug-likeness (QED) is 0.380. The topological polar surface area (TPSA) is 17.1 Å². The van der Waals surface area contributed by atoms with Gasteiger partial charge in [-0.2, -0.15) is 0 Å². The van der Waals surface area contributed by atoms with Gasteiger partial charge in [-0.25, -0.2) is 0 Å². The van der Waals surface area contributed by atoms with E-state index in [2.05, 4.69) is 26.8 Å². The molecule has 0 aromatic heterocycles. The second-order valence-corrected chi connectivity index (χ2v) is 4.83. The molecule has 0 heterocycles. The molecule has 0 unspecified atom stereocenters. The Hall–Kier alpha value is -0.850. The van der Waals surface area contributed by atoms with Crippen molar-refractivity contribution in [3.05, 3.63) is 23.8 Å². The van der Waals surface area contributed by atoms with Gasteiger partial charge in [0.05, 0.1) is 0 Å². The van der Waals surface area contributed by atoms with Gasteiger partial charge in [-0.3, -0.25) is 4.79 Å². The van der Waals surface area contributed by atoms with Crippen LogP contribution < -0.4 is 0 Å². The van der Waals surface area contributed by atoms with Gasteiger partial charge in [0.25, 0.3) is 0 Å². The summed E-state index contributed by atoms with van der Waals surface area (Å²) in [4.78, 5) is 10.2. The fourth-order valence-electron chi connectivity index (χ4n) is 2.38. The largest absolute Gasteiger partial charge is 0.299 e. The van der Waals surface area contributed by atoms with Gasteiger partial charge in [0.1, 0.15) is 6.29 Å². The number of allylic oxidation sites excluding steroid dienone is 4. The third-order valence-corrected chi connectivity index (χ3v) is 3.33. The number of hydrogen-bond donors (Lipinski definition) is 0. The Morgan fingerprint density at radius 3 is 2.86 bits per heavy atom. The van der Waals surface area contributed by atoms with E-state index in [9.17, 15) is 4.79 Å². The molecule has 0 aromatic rings. The van der Waals surface area contributed by atoms with Crippen molar-refractivity contribution >= 4 is 6.29 Å². The molecule has 1 atom stereocenters. The predicted octanol–water partition coefficient (Wildman–Crippen LogP) is 3.51. The van der Waals surface area contributed by atoms with Crippen molar-refractivity contribution in [2.45, 2.75) is 40.0 Å². The third kappa shape index (κ3) is 2.57. The Balaban J connectivity index is 2.70. The predicted molar refractivity (Wildman–Crippen MR) is 60.1 cm³/mol. The minimum Gasteiger partial charge on any atom is -0.299 e. The lowest BCUT2D eigenvalue weighted by Crippen LogP contribution is -2.27. The number of carbonyl (C=O) groups is 1. The molecule has 1 rings (SSSR count). The zero-order chi connectivity index (χ0) is 10.6. The lowest BCUT2D eigenvalue weighted by Gasteiger charge is -2.38. The van der Waals surface area contributed by atoms with E-state index in [1.807, 2.05) is 6.08 Å². The van der Waals surface area contributed by atoms with E-state index in [4.69, 9.17) is 0 Å². The van der Waals surface area contributed by atoms with Gasteiger partial charge in [-0.05, 0) is 43.6 Å². The van der Waals surface area contributed by atoms with Crippen molar-refractivity contribution in [1.29, 1.82) is 0 Å². The molecule has 78 valence electrons. The molecule has 0 saturated carbocycles. The summed E-state index contributed by atoms with van der Waals surface area (Å²) in [7, 11) is 0. The second kappa shape index (κ2) is 4.59.